The SMILES string of the molecule is Cc1c(C(=O)O)cc(C(=O)O)c(C)c1NC(=O)Oc1ccccc1. The quantitative estimate of drug-likeness (QED) is 0.793. The molecule has 0 spiro atoms. The molecule has 2 aromatic rings. The summed E-state index contributed by atoms with van der Waals surface area (Å²) in [6, 6.07) is 9.36. The van der Waals surface area contributed by atoms with Crippen molar-refractivity contribution in [2.75, 3.05) is 5.32 Å². The number of para-hydroxylation sites is 1. The Morgan fingerprint density at radius 3 is 1.88 bits per heavy atom. The van der Waals surface area contributed by atoms with E-state index in [0.717, 1.165) is 6.07 Å². The highest BCUT2D eigenvalue weighted by atomic mass is 16.6. The van der Waals surface area contributed by atoms with Crippen LogP contribution in [0.15, 0.2) is 36.4 Å². The number of rotatable bonds is 4. The standard InChI is InChI=1S/C17H15NO6/c1-9-12(15(19)20)8-13(16(21)22)10(2)14(9)18-17(23)24-11-6-4-3-5-7-11/h3-8H,1-2H3,(H,18,23)(H,19,20)(H,21,22). The van der Waals surface area contributed by atoms with Crippen molar-refractivity contribution in [1.82, 2.24) is 0 Å². The maximum atomic E-state index is 12.0. The number of carbonyl (C=O) groups excluding carboxylic acids is 1. The molecule has 2 rings (SSSR count). The second-order valence-corrected chi connectivity index (χ2v) is 5.03. The number of benzene rings is 2. The van der Waals surface area contributed by atoms with Crippen LogP contribution in [0, 0.1) is 13.8 Å². The zero-order valence-corrected chi connectivity index (χ0v) is 13.0. The molecule has 2 aromatic carbocycles. The Morgan fingerprint density at radius 2 is 1.42 bits per heavy atom. The summed E-state index contributed by atoms with van der Waals surface area (Å²) >= 11 is 0. The fourth-order valence-corrected chi connectivity index (χ4v) is 2.27. The summed E-state index contributed by atoms with van der Waals surface area (Å²) in [5.41, 5.74) is 0.194. The molecule has 124 valence electrons. The van der Waals surface area contributed by atoms with Crippen LogP contribution in [0.2, 0.25) is 0 Å². The van der Waals surface area contributed by atoms with Crippen molar-refractivity contribution >= 4 is 23.7 Å². The summed E-state index contributed by atoms with van der Waals surface area (Å²) in [7, 11) is 0. The van der Waals surface area contributed by atoms with Crippen molar-refractivity contribution in [3.63, 3.8) is 0 Å². The Morgan fingerprint density at radius 1 is 0.917 bits per heavy atom. The molecule has 3 N–H and O–H groups in total. The molecular formula is C17H15NO6. The molecule has 0 aliphatic rings. The van der Waals surface area contributed by atoms with Gasteiger partial charge >= 0.3 is 18.0 Å². The van der Waals surface area contributed by atoms with Gasteiger partial charge in [-0.1, -0.05) is 18.2 Å². The molecule has 0 aromatic heterocycles. The van der Waals surface area contributed by atoms with Gasteiger partial charge in [-0.15, -0.1) is 0 Å². The lowest BCUT2D eigenvalue weighted by Gasteiger charge is -2.16. The van der Waals surface area contributed by atoms with Crippen LogP contribution in [-0.4, -0.2) is 28.2 Å². The smallest absolute Gasteiger partial charge is 0.417 e. The summed E-state index contributed by atoms with van der Waals surface area (Å²) < 4.78 is 5.08. The number of ether oxygens (including phenoxy) is 1. The average molecular weight is 329 g/mol. The van der Waals surface area contributed by atoms with E-state index in [1.165, 1.54) is 13.8 Å². The fraction of sp³-hybridized carbons (Fsp3) is 0.118. The van der Waals surface area contributed by atoms with Gasteiger partial charge in [0.15, 0.2) is 0 Å². The zero-order valence-electron chi connectivity index (χ0n) is 13.0. The van der Waals surface area contributed by atoms with Crippen LogP contribution in [0.4, 0.5) is 10.5 Å². The summed E-state index contributed by atoms with van der Waals surface area (Å²) in [6.07, 6.45) is -0.841. The third-order valence-corrected chi connectivity index (χ3v) is 3.49. The van der Waals surface area contributed by atoms with Crippen LogP contribution in [-0.2, 0) is 0 Å². The van der Waals surface area contributed by atoms with Crippen LogP contribution < -0.4 is 10.1 Å². The van der Waals surface area contributed by atoms with Gasteiger partial charge in [0.25, 0.3) is 0 Å². The van der Waals surface area contributed by atoms with E-state index in [1.807, 2.05) is 0 Å². The van der Waals surface area contributed by atoms with Crippen molar-refractivity contribution in [3.8, 4) is 5.75 Å². The van der Waals surface area contributed by atoms with Gasteiger partial charge in [-0.2, -0.15) is 0 Å². The first-order valence-electron chi connectivity index (χ1n) is 6.96. The predicted octanol–water partition coefficient (Wildman–Crippen LogP) is 3.31. The summed E-state index contributed by atoms with van der Waals surface area (Å²) in [6.45, 7) is 2.97. The lowest BCUT2D eigenvalue weighted by Crippen LogP contribution is -2.20. The Labute approximate surface area is 137 Å². The van der Waals surface area contributed by atoms with Crippen molar-refractivity contribution in [1.29, 1.82) is 0 Å². The van der Waals surface area contributed by atoms with Gasteiger partial charge < -0.3 is 14.9 Å². The number of amides is 1. The molecule has 7 heteroatoms. The topological polar surface area (TPSA) is 113 Å². The minimum atomic E-state index is -1.28. The molecule has 0 aliphatic carbocycles. The molecule has 0 unspecified atom stereocenters. The second-order valence-electron chi connectivity index (χ2n) is 5.03. The van der Waals surface area contributed by atoms with Gasteiger partial charge in [0.1, 0.15) is 5.75 Å². The Hall–Kier alpha value is -3.35. The first-order valence-corrected chi connectivity index (χ1v) is 6.96. The van der Waals surface area contributed by atoms with Crippen molar-refractivity contribution < 1.29 is 29.3 Å². The Bertz CT molecular complexity index is 775. The van der Waals surface area contributed by atoms with Crippen LogP contribution in [0.3, 0.4) is 0 Å². The van der Waals surface area contributed by atoms with E-state index in [9.17, 15) is 24.6 Å². The van der Waals surface area contributed by atoms with Crippen LogP contribution in [0.25, 0.3) is 0 Å². The number of carbonyl (C=O) groups is 3. The van der Waals surface area contributed by atoms with Gasteiger partial charge in [-0.25, -0.2) is 14.4 Å². The highest BCUT2D eigenvalue weighted by Gasteiger charge is 2.21. The molecule has 0 saturated carbocycles. The maximum Gasteiger partial charge on any atom is 0.417 e. The number of carboxylic acid groups (broad SMARTS) is 2. The van der Waals surface area contributed by atoms with E-state index in [0.29, 0.717) is 5.75 Å². The van der Waals surface area contributed by atoms with Crippen LogP contribution >= 0.6 is 0 Å². The average Bonchev–Trinajstić information content (AvgIpc) is 2.51. The lowest BCUT2D eigenvalue weighted by atomic mass is 9.97. The van der Waals surface area contributed by atoms with Crippen LogP contribution in [0.5, 0.6) is 5.75 Å². The number of hydrogen-bond acceptors (Lipinski definition) is 4. The Kier molecular flexibility index (Phi) is 4.84. The number of carboxylic acids is 2. The van der Waals surface area contributed by atoms with E-state index in [1.54, 1.807) is 30.3 Å². The molecule has 0 atom stereocenters. The molecule has 0 aliphatic heterocycles. The molecule has 7 nitrogen and oxygen atoms in total. The molecule has 0 fully saturated rings. The van der Waals surface area contributed by atoms with Crippen LogP contribution in [0.1, 0.15) is 31.8 Å². The molecule has 1 amide bonds. The van der Waals surface area contributed by atoms with Crippen molar-refractivity contribution in [2.24, 2.45) is 0 Å². The lowest BCUT2D eigenvalue weighted by molar-refractivity contribution is 0.0695. The monoisotopic (exact) mass is 329 g/mol. The van der Waals surface area contributed by atoms with Gasteiger partial charge in [0.2, 0.25) is 0 Å². The van der Waals surface area contributed by atoms with E-state index in [4.69, 9.17) is 4.74 Å². The van der Waals surface area contributed by atoms with Gasteiger partial charge in [0.05, 0.1) is 16.8 Å². The van der Waals surface area contributed by atoms with Crippen molar-refractivity contribution in [3.05, 3.63) is 58.7 Å². The number of hydrogen-bond donors (Lipinski definition) is 3. The molecule has 0 radical (unpaired) electrons. The summed E-state index contributed by atoms with van der Waals surface area (Å²) in [5.74, 6) is -2.26. The molecule has 24 heavy (non-hydrogen) atoms. The largest absolute Gasteiger partial charge is 0.478 e. The minimum Gasteiger partial charge on any atom is -0.478 e. The van der Waals surface area contributed by atoms with E-state index in [2.05, 4.69) is 5.32 Å². The molecule has 0 bridgehead atoms. The van der Waals surface area contributed by atoms with Crippen molar-refractivity contribution in [2.45, 2.75) is 13.8 Å². The third kappa shape index (κ3) is 3.52. The summed E-state index contributed by atoms with van der Waals surface area (Å²) in [4.78, 5) is 34.6. The van der Waals surface area contributed by atoms with E-state index in [-0.39, 0.29) is 27.9 Å². The van der Waals surface area contributed by atoms with E-state index >= 15 is 0 Å². The highest BCUT2D eigenvalue weighted by Crippen LogP contribution is 2.28. The van der Waals surface area contributed by atoms with E-state index < -0.39 is 18.0 Å². The molecule has 0 heterocycles. The third-order valence-electron chi connectivity index (χ3n) is 3.49. The summed E-state index contributed by atoms with van der Waals surface area (Å²) in [5, 5.41) is 20.9. The first-order chi connectivity index (χ1) is 11.3. The first kappa shape index (κ1) is 17.0. The van der Waals surface area contributed by atoms with Gasteiger partial charge in [0, 0.05) is 0 Å². The minimum absolute atomic E-state index is 0.105. The normalized spacial score (nSPS) is 10.1. The zero-order chi connectivity index (χ0) is 17.9. The molecular weight excluding hydrogens is 314 g/mol. The number of anilines is 1. The predicted molar refractivity (Wildman–Crippen MR) is 85.9 cm³/mol. The Balaban J connectivity index is 2.40. The highest BCUT2D eigenvalue weighted by molar-refractivity contribution is 6.01. The van der Waals surface area contributed by atoms with Gasteiger partial charge in [-0.3, -0.25) is 5.32 Å². The maximum absolute atomic E-state index is 12.0. The second kappa shape index (κ2) is 6.82. The number of nitrogens with one attached hydrogen (secondary N) is 1. The fourth-order valence-electron chi connectivity index (χ4n) is 2.27. The van der Waals surface area contributed by atoms with Gasteiger partial charge in [-0.05, 0) is 43.2 Å². The number of aromatic carboxylic acids is 2. The molecule has 0 saturated heterocycles.